The van der Waals surface area contributed by atoms with Gasteiger partial charge in [-0.2, -0.15) is 0 Å². The molecule has 2 aromatic carbocycles. The van der Waals surface area contributed by atoms with E-state index >= 15 is 0 Å². The smallest absolute Gasteiger partial charge is 0.336 e. The van der Waals surface area contributed by atoms with Crippen molar-refractivity contribution in [1.82, 2.24) is 0 Å². The second-order valence-corrected chi connectivity index (χ2v) is 23.8. The van der Waals surface area contributed by atoms with Gasteiger partial charge in [-0.05, 0) is 78.4 Å². The molecule has 3 aromatic rings. The third kappa shape index (κ3) is 7.65. The van der Waals surface area contributed by atoms with Crippen LogP contribution < -0.4 is 10.5 Å². The maximum absolute atomic E-state index is 12.1. The van der Waals surface area contributed by atoms with Gasteiger partial charge in [-0.1, -0.05) is 73.0 Å². The molecule has 0 unspecified atom stereocenters. The number of rotatable bonds is 7. The number of benzene rings is 2. The largest absolute Gasteiger partial charge is 0.423 e. The Balaban J connectivity index is 2.14. The first kappa shape index (κ1) is 32.5. The molecule has 5 heteroatoms. The van der Waals surface area contributed by atoms with Gasteiger partial charge in [0.15, 0.2) is 0 Å². The highest BCUT2D eigenvalue weighted by molar-refractivity contribution is 6.90. The third-order valence-corrected chi connectivity index (χ3v) is 15.4. The molecule has 3 rings (SSSR count). The first-order valence-corrected chi connectivity index (χ1v) is 20.8. The molecule has 0 saturated carbocycles. The van der Waals surface area contributed by atoms with Gasteiger partial charge in [-0.25, -0.2) is 4.79 Å². The van der Waals surface area contributed by atoms with Crippen LogP contribution in [-0.2, 0) is 6.54 Å². The Morgan fingerprint density at radius 2 is 1.34 bits per heavy atom. The van der Waals surface area contributed by atoms with Crippen molar-refractivity contribution in [3.63, 3.8) is 0 Å². The summed E-state index contributed by atoms with van der Waals surface area (Å²) in [6.45, 7) is 28.8. The second-order valence-electron chi connectivity index (χ2n) is 13.5. The van der Waals surface area contributed by atoms with E-state index in [1.165, 1.54) is 5.56 Å². The van der Waals surface area contributed by atoms with Gasteiger partial charge in [-0.15, -0.1) is 11.1 Å². The lowest BCUT2D eigenvalue weighted by atomic mass is 10.0. The van der Waals surface area contributed by atoms with Crippen molar-refractivity contribution in [1.29, 1.82) is 0 Å². The van der Waals surface area contributed by atoms with Crippen LogP contribution >= 0.6 is 0 Å². The lowest BCUT2D eigenvalue weighted by Gasteiger charge is -2.38. The van der Waals surface area contributed by atoms with Crippen molar-refractivity contribution < 1.29 is 4.42 Å². The Bertz CT molecular complexity index is 1560. The Morgan fingerprint density at radius 1 is 0.780 bits per heavy atom. The van der Waals surface area contributed by atoms with E-state index < -0.39 is 16.1 Å². The number of nitrogens with zero attached hydrogens (tertiary/aromatic N) is 1. The molecule has 0 fully saturated rings. The van der Waals surface area contributed by atoms with Crippen LogP contribution in [-0.4, -0.2) is 22.7 Å². The topological polar surface area (TPSA) is 33.5 Å². The lowest BCUT2D eigenvalue weighted by Crippen LogP contribution is -2.43. The molecule has 0 amide bonds. The van der Waals surface area contributed by atoms with Gasteiger partial charge in [0.1, 0.15) is 21.7 Å². The molecule has 0 N–H and O–H groups in total. The summed E-state index contributed by atoms with van der Waals surface area (Å²) < 4.78 is 5.60. The zero-order valence-corrected chi connectivity index (χ0v) is 29.4. The van der Waals surface area contributed by atoms with Gasteiger partial charge in [0.05, 0.1) is 0 Å². The molecule has 0 aliphatic rings. The summed E-state index contributed by atoms with van der Waals surface area (Å²) in [7, 11) is -3.40. The van der Waals surface area contributed by atoms with Crippen molar-refractivity contribution in [2.75, 3.05) is 11.4 Å². The standard InChI is InChI=1S/C36H49NO2Si2/c1-13-37(34-23-35-33(18-29(34)9)28(8)19-36(38)39-35)24-32-21-30(14-16-40(10,11)12)20-31(22-32)15-17-41(25(2)3,26(4)5)27(6)7/h18-23,25-27H,13,24H2,1-12H3. The first-order chi connectivity index (χ1) is 19.1. The number of anilines is 1. The van der Waals surface area contributed by atoms with E-state index in [0.717, 1.165) is 46.4 Å². The van der Waals surface area contributed by atoms with Crippen molar-refractivity contribution in [2.45, 2.75) is 105 Å². The van der Waals surface area contributed by atoms with Crippen LogP contribution in [0.25, 0.3) is 11.0 Å². The fourth-order valence-electron chi connectivity index (χ4n) is 6.19. The summed E-state index contributed by atoms with van der Waals surface area (Å²) in [4.78, 5) is 14.4. The average Bonchev–Trinajstić information content (AvgIpc) is 2.85. The molecule has 41 heavy (non-hydrogen) atoms. The van der Waals surface area contributed by atoms with Crippen LogP contribution in [0.4, 0.5) is 5.69 Å². The molecule has 0 bridgehead atoms. The molecule has 0 aliphatic heterocycles. The zero-order valence-electron chi connectivity index (χ0n) is 27.4. The van der Waals surface area contributed by atoms with Crippen molar-refractivity contribution in [2.24, 2.45) is 0 Å². The third-order valence-electron chi connectivity index (χ3n) is 8.23. The van der Waals surface area contributed by atoms with Crippen LogP contribution in [0, 0.1) is 36.8 Å². The zero-order chi connectivity index (χ0) is 30.7. The summed E-state index contributed by atoms with van der Waals surface area (Å²) in [6, 6.07) is 12.4. The van der Waals surface area contributed by atoms with E-state index in [-0.39, 0.29) is 5.63 Å². The monoisotopic (exact) mass is 583 g/mol. The summed E-state index contributed by atoms with van der Waals surface area (Å²) in [6.07, 6.45) is 0. The Kier molecular flexibility index (Phi) is 10.2. The minimum absolute atomic E-state index is 0.312. The van der Waals surface area contributed by atoms with E-state index in [4.69, 9.17) is 4.42 Å². The lowest BCUT2D eigenvalue weighted by molar-refractivity contribution is 0.559. The van der Waals surface area contributed by atoms with Crippen LogP contribution in [0.5, 0.6) is 0 Å². The van der Waals surface area contributed by atoms with Gasteiger partial charge < -0.3 is 9.32 Å². The molecular formula is C36H49NO2Si2. The predicted octanol–water partition coefficient (Wildman–Crippen LogP) is 9.23. The molecule has 0 radical (unpaired) electrons. The first-order valence-electron chi connectivity index (χ1n) is 15.1. The second kappa shape index (κ2) is 12.9. The highest BCUT2D eigenvalue weighted by atomic mass is 28.3. The average molecular weight is 584 g/mol. The van der Waals surface area contributed by atoms with Crippen molar-refractivity contribution in [3.8, 4) is 22.9 Å². The summed E-state index contributed by atoms with van der Waals surface area (Å²) in [5, 5.41) is 0.983. The van der Waals surface area contributed by atoms with Crippen LogP contribution in [0.2, 0.25) is 36.3 Å². The van der Waals surface area contributed by atoms with Crippen LogP contribution in [0.15, 0.2) is 45.6 Å². The maximum Gasteiger partial charge on any atom is 0.336 e. The van der Waals surface area contributed by atoms with Crippen LogP contribution in [0.1, 0.15) is 76.3 Å². The normalized spacial score (nSPS) is 12.0. The highest BCUT2D eigenvalue weighted by Gasteiger charge is 2.41. The summed E-state index contributed by atoms with van der Waals surface area (Å²) in [5.74, 6) is 7.17. The van der Waals surface area contributed by atoms with Gasteiger partial charge in [0.2, 0.25) is 0 Å². The van der Waals surface area contributed by atoms with Crippen molar-refractivity contribution >= 4 is 32.8 Å². The Labute approximate surface area is 250 Å². The summed E-state index contributed by atoms with van der Waals surface area (Å²) >= 11 is 0. The quantitative estimate of drug-likeness (QED) is 0.158. The van der Waals surface area contributed by atoms with Gasteiger partial charge in [0, 0.05) is 47.4 Å². The van der Waals surface area contributed by atoms with E-state index in [9.17, 15) is 4.79 Å². The summed E-state index contributed by atoms with van der Waals surface area (Å²) in [5.41, 5.74) is 16.0. The molecule has 0 atom stereocenters. The molecular weight excluding hydrogens is 535 g/mol. The number of hydrogen-bond donors (Lipinski definition) is 0. The van der Waals surface area contributed by atoms with E-state index in [1.807, 2.05) is 13.0 Å². The van der Waals surface area contributed by atoms with Gasteiger partial charge in [0.25, 0.3) is 0 Å². The molecule has 0 spiro atoms. The fraction of sp³-hybridized carbons (Fsp3) is 0.472. The van der Waals surface area contributed by atoms with Crippen molar-refractivity contribution in [3.05, 3.63) is 74.6 Å². The Morgan fingerprint density at radius 3 is 1.85 bits per heavy atom. The minimum Gasteiger partial charge on any atom is -0.423 e. The number of aryl methyl sites for hydroxylation is 2. The van der Waals surface area contributed by atoms with Crippen LogP contribution in [0.3, 0.4) is 0 Å². The fourth-order valence-corrected chi connectivity index (χ4v) is 11.9. The number of fused-ring (bicyclic) bond motifs is 1. The molecule has 3 nitrogen and oxygen atoms in total. The highest BCUT2D eigenvalue weighted by Crippen LogP contribution is 2.41. The minimum atomic E-state index is -1.86. The molecule has 0 aliphatic carbocycles. The van der Waals surface area contributed by atoms with E-state index in [2.05, 4.69) is 127 Å². The number of hydrogen-bond acceptors (Lipinski definition) is 3. The van der Waals surface area contributed by atoms with Gasteiger partial charge >= 0.3 is 5.63 Å². The maximum atomic E-state index is 12.1. The Hall–Kier alpha value is -3.00. The van der Waals surface area contributed by atoms with E-state index in [1.54, 1.807) is 6.07 Å². The molecule has 1 heterocycles. The molecule has 0 saturated heterocycles. The molecule has 1 aromatic heterocycles. The molecule has 218 valence electrons. The van der Waals surface area contributed by atoms with E-state index in [0.29, 0.717) is 22.2 Å². The SMILES string of the molecule is CCN(Cc1cc(C#C[Si](C)(C)C)cc(C#C[Si](C(C)C)(C(C)C)C(C)C)c1)c1cc2oc(=O)cc(C)c2cc1C. The van der Waals surface area contributed by atoms with Gasteiger partial charge in [-0.3, -0.25) is 0 Å². The predicted molar refractivity (Wildman–Crippen MR) is 183 cm³/mol.